The van der Waals surface area contributed by atoms with Crippen molar-refractivity contribution in [2.45, 2.75) is 25.9 Å². The summed E-state index contributed by atoms with van der Waals surface area (Å²) in [6.45, 7) is 1.91. The average molecular weight is 343 g/mol. The maximum Gasteiger partial charge on any atom is 0.246 e. The SMILES string of the molecule is CC(=O)N1c2ccccc2C[C@H]1C(=O)N(C)Cc1ccccc1Cl. The van der Waals surface area contributed by atoms with Gasteiger partial charge in [-0.3, -0.25) is 14.5 Å². The normalized spacial score (nSPS) is 16.0. The summed E-state index contributed by atoms with van der Waals surface area (Å²) in [7, 11) is 1.74. The summed E-state index contributed by atoms with van der Waals surface area (Å²) < 4.78 is 0. The van der Waals surface area contributed by atoms with E-state index in [0.717, 1.165) is 16.8 Å². The molecule has 0 unspecified atom stereocenters. The molecule has 124 valence electrons. The summed E-state index contributed by atoms with van der Waals surface area (Å²) in [4.78, 5) is 28.3. The van der Waals surface area contributed by atoms with Crippen molar-refractivity contribution in [1.82, 2.24) is 4.90 Å². The molecule has 0 radical (unpaired) electrons. The lowest BCUT2D eigenvalue weighted by Crippen LogP contribution is -2.47. The highest BCUT2D eigenvalue weighted by molar-refractivity contribution is 6.31. The molecule has 0 fully saturated rings. The molecule has 2 aromatic rings. The van der Waals surface area contributed by atoms with Crippen molar-refractivity contribution in [3.8, 4) is 0 Å². The van der Waals surface area contributed by atoms with Gasteiger partial charge in [-0.25, -0.2) is 0 Å². The van der Waals surface area contributed by atoms with Crippen LogP contribution in [-0.2, 0) is 22.6 Å². The van der Waals surface area contributed by atoms with Crippen LogP contribution in [0.1, 0.15) is 18.1 Å². The standard InChI is InChI=1S/C19H19ClN2O2/c1-13(23)22-17-10-6-4-7-14(17)11-18(22)19(24)21(2)12-15-8-3-5-9-16(15)20/h3-10,18H,11-12H2,1-2H3/t18-/m0/s1. The highest BCUT2D eigenvalue weighted by Gasteiger charge is 2.38. The molecule has 0 bridgehead atoms. The highest BCUT2D eigenvalue weighted by atomic mass is 35.5. The highest BCUT2D eigenvalue weighted by Crippen LogP contribution is 2.33. The number of fused-ring (bicyclic) bond motifs is 1. The van der Waals surface area contributed by atoms with Gasteiger partial charge >= 0.3 is 0 Å². The van der Waals surface area contributed by atoms with E-state index in [4.69, 9.17) is 11.6 Å². The summed E-state index contributed by atoms with van der Waals surface area (Å²) in [6.07, 6.45) is 0.543. The Morgan fingerprint density at radius 3 is 2.54 bits per heavy atom. The first-order chi connectivity index (χ1) is 11.5. The van der Waals surface area contributed by atoms with E-state index >= 15 is 0 Å². The fraction of sp³-hybridized carbons (Fsp3) is 0.263. The van der Waals surface area contributed by atoms with Crippen LogP contribution in [0.3, 0.4) is 0 Å². The van der Waals surface area contributed by atoms with E-state index in [1.807, 2.05) is 48.5 Å². The Morgan fingerprint density at radius 2 is 1.83 bits per heavy atom. The second kappa shape index (κ2) is 6.65. The van der Waals surface area contributed by atoms with Crippen LogP contribution < -0.4 is 4.90 Å². The molecular weight excluding hydrogens is 324 g/mol. The number of likely N-dealkylation sites (N-methyl/N-ethyl adjacent to an activating group) is 1. The van der Waals surface area contributed by atoms with Crippen LogP contribution in [0.25, 0.3) is 0 Å². The molecule has 5 heteroatoms. The van der Waals surface area contributed by atoms with Gasteiger partial charge in [-0.2, -0.15) is 0 Å². The van der Waals surface area contributed by atoms with E-state index in [0.29, 0.717) is 18.0 Å². The largest absolute Gasteiger partial charge is 0.340 e. The Balaban J connectivity index is 1.82. The minimum absolute atomic E-state index is 0.0821. The molecule has 2 aromatic carbocycles. The first kappa shape index (κ1) is 16.5. The van der Waals surface area contributed by atoms with Crippen LogP contribution in [0.2, 0.25) is 5.02 Å². The second-order valence-electron chi connectivity index (χ2n) is 6.02. The number of hydrogen-bond donors (Lipinski definition) is 0. The quantitative estimate of drug-likeness (QED) is 0.859. The van der Waals surface area contributed by atoms with E-state index in [1.54, 1.807) is 16.8 Å². The van der Waals surface area contributed by atoms with Crippen molar-refractivity contribution in [3.63, 3.8) is 0 Å². The van der Waals surface area contributed by atoms with Crippen molar-refractivity contribution >= 4 is 29.1 Å². The summed E-state index contributed by atoms with van der Waals surface area (Å²) in [5.74, 6) is -0.203. The van der Waals surface area contributed by atoms with Gasteiger partial charge in [0.05, 0.1) is 0 Å². The smallest absolute Gasteiger partial charge is 0.246 e. The number of anilines is 1. The van der Waals surface area contributed by atoms with Gasteiger partial charge in [-0.15, -0.1) is 0 Å². The van der Waals surface area contributed by atoms with Gasteiger partial charge in [0.25, 0.3) is 0 Å². The Hall–Kier alpha value is -2.33. The van der Waals surface area contributed by atoms with E-state index in [2.05, 4.69) is 0 Å². The molecule has 1 atom stereocenters. The van der Waals surface area contributed by atoms with E-state index < -0.39 is 6.04 Å². The van der Waals surface area contributed by atoms with Crippen LogP contribution >= 0.6 is 11.6 Å². The number of benzene rings is 2. The molecule has 1 aliphatic heterocycles. The number of halogens is 1. The first-order valence-corrected chi connectivity index (χ1v) is 8.23. The van der Waals surface area contributed by atoms with Crippen LogP contribution in [0, 0.1) is 0 Å². The van der Waals surface area contributed by atoms with Crippen LogP contribution in [0.5, 0.6) is 0 Å². The van der Waals surface area contributed by atoms with E-state index in [9.17, 15) is 9.59 Å². The molecule has 2 amide bonds. The molecule has 3 rings (SSSR count). The van der Waals surface area contributed by atoms with Gasteiger partial charge in [0, 0.05) is 37.6 Å². The number of amides is 2. The third kappa shape index (κ3) is 3.02. The van der Waals surface area contributed by atoms with Crippen molar-refractivity contribution in [2.24, 2.45) is 0 Å². The molecule has 0 aliphatic carbocycles. The van der Waals surface area contributed by atoms with E-state index in [-0.39, 0.29) is 11.8 Å². The molecular formula is C19H19ClN2O2. The average Bonchev–Trinajstić information content (AvgIpc) is 2.95. The topological polar surface area (TPSA) is 40.6 Å². The summed E-state index contributed by atoms with van der Waals surface area (Å²) in [5.41, 5.74) is 2.74. The Kier molecular flexibility index (Phi) is 4.58. The molecule has 0 N–H and O–H groups in total. The summed E-state index contributed by atoms with van der Waals surface area (Å²) >= 11 is 6.18. The zero-order valence-corrected chi connectivity index (χ0v) is 14.5. The monoisotopic (exact) mass is 342 g/mol. The summed E-state index contributed by atoms with van der Waals surface area (Å²) in [5, 5.41) is 0.635. The maximum absolute atomic E-state index is 12.9. The first-order valence-electron chi connectivity index (χ1n) is 7.85. The minimum atomic E-state index is -0.493. The number of hydrogen-bond acceptors (Lipinski definition) is 2. The van der Waals surface area contributed by atoms with Gasteiger partial charge in [0.15, 0.2) is 0 Å². The zero-order chi connectivity index (χ0) is 17.3. The van der Waals surface area contributed by atoms with Gasteiger partial charge in [-0.05, 0) is 23.3 Å². The molecule has 24 heavy (non-hydrogen) atoms. The van der Waals surface area contributed by atoms with Gasteiger partial charge in [0.1, 0.15) is 6.04 Å². The van der Waals surface area contributed by atoms with Crippen LogP contribution in [0.15, 0.2) is 48.5 Å². The molecule has 0 spiro atoms. The van der Waals surface area contributed by atoms with Gasteiger partial charge in [0.2, 0.25) is 11.8 Å². The third-order valence-corrected chi connectivity index (χ3v) is 4.71. The predicted octanol–water partition coefficient (Wildman–Crippen LogP) is 3.28. The van der Waals surface area contributed by atoms with Crippen molar-refractivity contribution in [3.05, 3.63) is 64.7 Å². The van der Waals surface area contributed by atoms with Crippen LogP contribution in [0.4, 0.5) is 5.69 Å². The molecule has 0 aromatic heterocycles. The van der Waals surface area contributed by atoms with Crippen molar-refractivity contribution in [2.75, 3.05) is 11.9 Å². The maximum atomic E-state index is 12.9. The number of rotatable bonds is 3. The molecule has 0 saturated heterocycles. The Bertz CT molecular complexity index is 790. The van der Waals surface area contributed by atoms with Crippen molar-refractivity contribution in [1.29, 1.82) is 0 Å². The summed E-state index contributed by atoms with van der Waals surface area (Å²) in [6, 6.07) is 14.6. The Morgan fingerprint density at radius 1 is 1.17 bits per heavy atom. The molecule has 4 nitrogen and oxygen atoms in total. The fourth-order valence-electron chi connectivity index (χ4n) is 3.19. The lowest BCUT2D eigenvalue weighted by molar-refractivity contribution is -0.133. The fourth-order valence-corrected chi connectivity index (χ4v) is 3.38. The molecule has 0 saturated carbocycles. The van der Waals surface area contributed by atoms with Gasteiger partial charge < -0.3 is 4.90 Å². The number of para-hydroxylation sites is 1. The number of carbonyl (C=O) groups excluding carboxylic acids is 2. The lowest BCUT2D eigenvalue weighted by Gasteiger charge is -2.28. The van der Waals surface area contributed by atoms with E-state index in [1.165, 1.54) is 6.92 Å². The van der Waals surface area contributed by atoms with Crippen LogP contribution in [-0.4, -0.2) is 29.8 Å². The number of carbonyl (C=O) groups is 2. The number of nitrogens with zero attached hydrogens (tertiary/aromatic N) is 2. The third-order valence-electron chi connectivity index (χ3n) is 4.34. The predicted molar refractivity (Wildman–Crippen MR) is 95.0 cm³/mol. The van der Waals surface area contributed by atoms with Crippen molar-refractivity contribution < 1.29 is 9.59 Å². The lowest BCUT2D eigenvalue weighted by atomic mass is 10.1. The molecule has 1 heterocycles. The second-order valence-corrected chi connectivity index (χ2v) is 6.43. The Labute approximate surface area is 146 Å². The zero-order valence-electron chi connectivity index (χ0n) is 13.7. The minimum Gasteiger partial charge on any atom is -0.340 e. The molecule has 1 aliphatic rings. The van der Waals surface area contributed by atoms with Gasteiger partial charge in [-0.1, -0.05) is 48.0 Å².